The summed E-state index contributed by atoms with van der Waals surface area (Å²) < 4.78 is 2.01. The fraction of sp³-hybridized carbons (Fsp3) is 0.556. The van der Waals surface area contributed by atoms with Crippen molar-refractivity contribution in [1.82, 2.24) is 14.3 Å². The molecule has 0 radical (unpaired) electrons. The van der Waals surface area contributed by atoms with Gasteiger partial charge in [0.2, 0.25) is 0 Å². The molecule has 0 atom stereocenters. The molecule has 1 saturated heterocycles. The minimum Gasteiger partial charge on any atom is -0.395 e. The number of aliphatic hydroxyl groups is 1. The molecule has 1 fully saturated rings. The molecule has 3 heterocycles. The monoisotopic (exact) mass is 530 g/mol. The number of fused-ring (bicyclic) bond motifs is 1. The molecule has 0 unspecified atom stereocenters. The van der Waals surface area contributed by atoms with Gasteiger partial charge in [0.15, 0.2) is 0 Å². The minimum absolute atomic E-state index is 0.102. The number of amides is 1. The molecular formula is C27H38N4O3S2. The van der Waals surface area contributed by atoms with Crippen LogP contribution in [-0.4, -0.2) is 49.3 Å². The second-order valence-electron chi connectivity index (χ2n) is 9.23. The van der Waals surface area contributed by atoms with E-state index in [2.05, 4.69) is 17.2 Å². The topological polar surface area (TPSA) is 86.9 Å². The van der Waals surface area contributed by atoms with Crippen LogP contribution in [0, 0.1) is 6.92 Å². The highest BCUT2D eigenvalue weighted by atomic mass is 32.2. The Labute approximate surface area is 223 Å². The molecule has 196 valence electrons. The van der Waals surface area contributed by atoms with Gasteiger partial charge < -0.3 is 10.4 Å². The summed E-state index contributed by atoms with van der Waals surface area (Å²) in [5.41, 5.74) is 1.40. The zero-order chi connectivity index (χ0) is 25.9. The van der Waals surface area contributed by atoms with Crippen molar-refractivity contribution in [2.45, 2.75) is 78.1 Å². The number of aryl methyl sites for hydroxylation is 1. The number of anilines is 1. The number of nitrogens with one attached hydrogen (secondary N) is 1. The van der Waals surface area contributed by atoms with Gasteiger partial charge in [-0.2, -0.15) is 0 Å². The van der Waals surface area contributed by atoms with E-state index in [1.807, 2.05) is 13.0 Å². The number of nitrogens with zero attached hydrogens (tertiary/aromatic N) is 3. The molecule has 0 bridgehead atoms. The van der Waals surface area contributed by atoms with Crippen LogP contribution >= 0.6 is 24.0 Å². The largest absolute Gasteiger partial charge is 0.395 e. The summed E-state index contributed by atoms with van der Waals surface area (Å²) in [4.78, 5) is 33.1. The van der Waals surface area contributed by atoms with Gasteiger partial charge in [0.05, 0.1) is 17.1 Å². The second kappa shape index (κ2) is 14.5. The molecule has 0 saturated carbocycles. The van der Waals surface area contributed by atoms with E-state index >= 15 is 0 Å². The second-order valence-corrected chi connectivity index (χ2v) is 10.9. The van der Waals surface area contributed by atoms with Crippen molar-refractivity contribution in [2.75, 3.05) is 25.0 Å². The van der Waals surface area contributed by atoms with Crippen molar-refractivity contribution in [3.8, 4) is 0 Å². The lowest BCUT2D eigenvalue weighted by Gasteiger charge is -2.14. The number of pyridine rings is 1. The number of hydrogen-bond donors (Lipinski definition) is 2. The van der Waals surface area contributed by atoms with E-state index in [0.29, 0.717) is 27.2 Å². The summed E-state index contributed by atoms with van der Waals surface area (Å²) in [5, 5.41) is 12.3. The van der Waals surface area contributed by atoms with Gasteiger partial charge in [0.25, 0.3) is 11.5 Å². The Hall–Kier alpha value is -2.23. The predicted octanol–water partition coefficient (Wildman–Crippen LogP) is 5.53. The van der Waals surface area contributed by atoms with Crippen molar-refractivity contribution in [1.29, 1.82) is 0 Å². The Bertz CT molecular complexity index is 1150. The summed E-state index contributed by atoms with van der Waals surface area (Å²) in [6.45, 7) is 4.87. The number of unbranched alkanes of at least 4 members (excludes halogenated alkanes) is 9. The van der Waals surface area contributed by atoms with Crippen LogP contribution in [-0.2, 0) is 4.79 Å². The van der Waals surface area contributed by atoms with E-state index in [4.69, 9.17) is 12.2 Å². The number of aromatic nitrogens is 2. The van der Waals surface area contributed by atoms with Crippen LogP contribution in [0.1, 0.15) is 82.3 Å². The highest BCUT2D eigenvalue weighted by molar-refractivity contribution is 8.26. The first-order valence-electron chi connectivity index (χ1n) is 13.1. The first-order valence-corrected chi connectivity index (χ1v) is 14.3. The zero-order valence-corrected chi connectivity index (χ0v) is 23.1. The van der Waals surface area contributed by atoms with Crippen molar-refractivity contribution < 1.29 is 9.90 Å². The van der Waals surface area contributed by atoms with Crippen molar-refractivity contribution in [3.63, 3.8) is 0 Å². The lowest BCUT2D eigenvalue weighted by Crippen LogP contribution is -2.29. The number of carbonyl (C=O) groups excluding carboxylic acids is 1. The molecule has 0 aromatic carbocycles. The molecule has 1 aliphatic rings. The average Bonchev–Trinajstić information content (AvgIpc) is 3.13. The highest BCUT2D eigenvalue weighted by Crippen LogP contribution is 2.33. The molecule has 36 heavy (non-hydrogen) atoms. The number of thioether (sulfide) groups is 1. The Kier molecular flexibility index (Phi) is 11.4. The lowest BCUT2D eigenvalue weighted by atomic mass is 10.1. The van der Waals surface area contributed by atoms with E-state index in [1.54, 1.807) is 23.2 Å². The van der Waals surface area contributed by atoms with Crippen molar-refractivity contribution >= 4 is 51.7 Å². The highest BCUT2D eigenvalue weighted by Gasteiger charge is 2.32. The number of hydrogen-bond acceptors (Lipinski definition) is 7. The number of aliphatic hydroxyl groups excluding tert-OH is 1. The Morgan fingerprint density at radius 2 is 1.75 bits per heavy atom. The molecule has 2 aromatic heterocycles. The Morgan fingerprint density at radius 1 is 1.08 bits per heavy atom. The normalized spacial score (nSPS) is 15.0. The first kappa shape index (κ1) is 28.3. The van der Waals surface area contributed by atoms with Crippen LogP contribution in [0.25, 0.3) is 11.7 Å². The van der Waals surface area contributed by atoms with Gasteiger partial charge >= 0.3 is 0 Å². The molecular weight excluding hydrogens is 492 g/mol. The van der Waals surface area contributed by atoms with E-state index in [1.165, 1.54) is 67.5 Å². The molecule has 2 aromatic rings. The van der Waals surface area contributed by atoms with Crippen molar-refractivity contribution in [3.05, 3.63) is 44.7 Å². The third kappa shape index (κ3) is 7.40. The molecule has 0 aliphatic carbocycles. The molecule has 1 aliphatic heterocycles. The van der Waals surface area contributed by atoms with E-state index in [-0.39, 0.29) is 30.2 Å². The predicted molar refractivity (Wildman–Crippen MR) is 153 cm³/mol. The fourth-order valence-electron chi connectivity index (χ4n) is 4.33. The van der Waals surface area contributed by atoms with Gasteiger partial charge in [-0.1, -0.05) is 94.8 Å². The van der Waals surface area contributed by atoms with Gasteiger partial charge in [-0.05, 0) is 31.1 Å². The van der Waals surface area contributed by atoms with Gasteiger partial charge in [0.1, 0.15) is 15.8 Å². The molecule has 3 rings (SSSR count). The lowest BCUT2D eigenvalue weighted by molar-refractivity contribution is -0.122. The maximum Gasteiger partial charge on any atom is 0.267 e. The standard InChI is InChI=1S/C27H38N4O3S2/c1-3-4-5-6-7-8-9-10-11-12-16-31-26(34)22(36-27(31)35)19-21-23(28-15-18-32)29-24-20(2)14-13-17-30(24)25(21)33/h13-14,17,19,28,32H,3-12,15-16,18H2,1-2H3. The summed E-state index contributed by atoms with van der Waals surface area (Å²) in [5.74, 6) is 0.186. The first-order chi connectivity index (χ1) is 17.5. The maximum absolute atomic E-state index is 13.3. The maximum atomic E-state index is 13.3. The van der Waals surface area contributed by atoms with Crippen LogP contribution in [0.3, 0.4) is 0 Å². The van der Waals surface area contributed by atoms with Gasteiger partial charge in [-0.25, -0.2) is 4.98 Å². The third-order valence-corrected chi connectivity index (χ3v) is 7.75. The van der Waals surface area contributed by atoms with Crippen molar-refractivity contribution in [2.24, 2.45) is 0 Å². The van der Waals surface area contributed by atoms with Gasteiger partial charge in [-0.3, -0.25) is 18.9 Å². The molecule has 7 nitrogen and oxygen atoms in total. The van der Waals surface area contributed by atoms with Crippen LogP contribution in [0.2, 0.25) is 0 Å². The van der Waals surface area contributed by atoms with Crippen LogP contribution in [0.5, 0.6) is 0 Å². The fourth-order valence-corrected chi connectivity index (χ4v) is 5.62. The summed E-state index contributed by atoms with van der Waals surface area (Å²) in [7, 11) is 0. The van der Waals surface area contributed by atoms with Gasteiger partial charge in [-0.15, -0.1) is 0 Å². The Morgan fingerprint density at radius 3 is 2.42 bits per heavy atom. The summed E-state index contributed by atoms with van der Waals surface area (Å²) in [6.07, 6.45) is 15.6. The van der Waals surface area contributed by atoms with Crippen LogP contribution < -0.4 is 10.9 Å². The molecule has 0 spiro atoms. The molecule has 9 heteroatoms. The smallest absolute Gasteiger partial charge is 0.267 e. The number of carbonyl (C=O) groups is 1. The Balaban J connectivity index is 1.64. The minimum atomic E-state index is -0.274. The zero-order valence-electron chi connectivity index (χ0n) is 21.4. The van der Waals surface area contributed by atoms with Crippen LogP contribution in [0.4, 0.5) is 5.82 Å². The van der Waals surface area contributed by atoms with Gasteiger partial charge in [0, 0.05) is 19.3 Å². The quantitative estimate of drug-likeness (QED) is 0.178. The van der Waals surface area contributed by atoms with E-state index in [0.717, 1.165) is 18.4 Å². The summed E-state index contributed by atoms with van der Waals surface area (Å²) in [6, 6.07) is 3.68. The van der Waals surface area contributed by atoms with E-state index < -0.39 is 0 Å². The van der Waals surface area contributed by atoms with E-state index in [9.17, 15) is 14.7 Å². The summed E-state index contributed by atoms with van der Waals surface area (Å²) >= 11 is 6.71. The average molecular weight is 531 g/mol. The third-order valence-electron chi connectivity index (χ3n) is 6.37. The van der Waals surface area contributed by atoms with Crippen LogP contribution in [0.15, 0.2) is 28.0 Å². The molecule has 1 amide bonds. The molecule has 2 N–H and O–H groups in total. The number of thiocarbonyl (C=S) groups is 1. The SMILES string of the molecule is CCCCCCCCCCCCN1C(=O)C(=Cc2c(NCCO)nc3c(C)cccn3c2=O)SC1=S. The number of rotatable bonds is 15.